The maximum absolute atomic E-state index is 12.3. The maximum atomic E-state index is 12.3. The van der Waals surface area contributed by atoms with Gasteiger partial charge in [-0.25, -0.2) is 13.1 Å². The van der Waals surface area contributed by atoms with Gasteiger partial charge >= 0.3 is 0 Å². The van der Waals surface area contributed by atoms with E-state index in [9.17, 15) is 8.42 Å². The Hall–Kier alpha value is -0.630. The van der Waals surface area contributed by atoms with Crippen molar-refractivity contribution in [2.24, 2.45) is 0 Å². The SMILES string of the molecule is CC(NS(=O)(=O)c1ccc(I)cc1)c1ccc(Cl)cc1. The molecule has 2 aromatic rings. The van der Waals surface area contributed by atoms with Crippen LogP contribution in [0, 0.1) is 3.57 Å². The van der Waals surface area contributed by atoms with Gasteiger partial charge in [-0.1, -0.05) is 23.7 Å². The minimum atomic E-state index is -3.52. The molecule has 0 aliphatic heterocycles. The zero-order valence-corrected chi connectivity index (χ0v) is 14.4. The lowest BCUT2D eigenvalue weighted by molar-refractivity contribution is 0.567. The molecule has 0 aliphatic carbocycles. The van der Waals surface area contributed by atoms with Crippen molar-refractivity contribution in [2.45, 2.75) is 17.9 Å². The number of halogens is 2. The van der Waals surface area contributed by atoms with Gasteiger partial charge in [0.05, 0.1) is 4.90 Å². The normalized spacial score (nSPS) is 13.2. The van der Waals surface area contributed by atoms with Crippen LogP contribution in [0.1, 0.15) is 18.5 Å². The lowest BCUT2D eigenvalue weighted by atomic mass is 10.1. The minimum absolute atomic E-state index is 0.263. The molecule has 1 N–H and O–H groups in total. The molecule has 1 atom stereocenters. The summed E-state index contributed by atoms with van der Waals surface area (Å²) in [6, 6.07) is 13.5. The molecule has 3 nitrogen and oxygen atoms in total. The minimum Gasteiger partial charge on any atom is -0.207 e. The van der Waals surface area contributed by atoms with Gasteiger partial charge in [0.2, 0.25) is 10.0 Å². The first-order chi connectivity index (χ1) is 9.38. The van der Waals surface area contributed by atoms with Crippen molar-refractivity contribution in [2.75, 3.05) is 0 Å². The van der Waals surface area contributed by atoms with Crippen molar-refractivity contribution in [3.63, 3.8) is 0 Å². The molecular weight excluding hydrogens is 409 g/mol. The van der Waals surface area contributed by atoms with E-state index in [0.717, 1.165) is 9.13 Å². The summed E-state index contributed by atoms with van der Waals surface area (Å²) in [6.07, 6.45) is 0. The molecule has 106 valence electrons. The van der Waals surface area contributed by atoms with E-state index >= 15 is 0 Å². The fourth-order valence-corrected chi connectivity index (χ4v) is 3.45. The highest BCUT2D eigenvalue weighted by Gasteiger charge is 2.18. The van der Waals surface area contributed by atoms with E-state index in [1.807, 2.05) is 12.1 Å². The van der Waals surface area contributed by atoms with Crippen molar-refractivity contribution >= 4 is 44.2 Å². The summed E-state index contributed by atoms with van der Waals surface area (Å²) < 4.78 is 28.2. The summed E-state index contributed by atoms with van der Waals surface area (Å²) in [7, 11) is -3.52. The topological polar surface area (TPSA) is 46.2 Å². The summed E-state index contributed by atoms with van der Waals surface area (Å²) in [5.41, 5.74) is 0.864. The molecule has 0 saturated carbocycles. The van der Waals surface area contributed by atoms with Gasteiger partial charge in [-0.15, -0.1) is 0 Å². The van der Waals surface area contributed by atoms with Gasteiger partial charge in [0.15, 0.2) is 0 Å². The van der Waals surface area contributed by atoms with Crippen LogP contribution in [0.3, 0.4) is 0 Å². The number of benzene rings is 2. The molecule has 0 fully saturated rings. The lowest BCUT2D eigenvalue weighted by Crippen LogP contribution is -2.26. The molecular formula is C14H13ClINO2S. The third kappa shape index (κ3) is 3.94. The highest BCUT2D eigenvalue weighted by molar-refractivity contribution is 14.1. The van der Waals surface area contributed by atoms with E-state index in [1.54, 1.807) is 43.3 Å². The van der Waals surface area contributed by atoms with Crippen LogP contribution in [0.15, 0.2) is 53.4 Å². The van der Waals surface area contributed by atoms with E-state index < -0.39 is 10.0 Å². The number of hydrogen-bond donors (Lipinski definition) is 1. The maximum Gasteiger partial charge on any atom is 0.241 e. The highest BCUT2D eigenvalue weighted by Crippen LogP contribution is 2.19. The largest absolute Gasteiger partial charge is 0.241 e. The first-order valence-electron chi connectivity index (χ1n) is 5.92. The number of hydrogen-bond acceptors (Lipinski definition) is 2. The average molecular weight is 422 g/mol. The molecule has 2 rings (SSSR count). The smallest absolute Gasteiger partial charge is 0.207 e. The Labute approximate surface area is 137 Å². The summed E-state index contributed by atoms with van der Waals surface area (Å²) in [6.45, 7) is 1.80. The second kappa shape index (κ2) is 6.43. The lowest BCUT2D eigenvalue weighted by Gasteiger charge is -2.14. The van der Waals surface area contributed by atoms with Crippen molar-refractivity contribution in [3.8, 4) is 0 Å². The van der Waals surface area contributed by atoms with E-state index in [0.29, 0.717) is 5.02 Å². The molecule has 0 radical (unpaired) electrons. The standard InChI is InChI=1S/C14H13ClINO2S/c1-10(11-2-4-12(15)5-3-11)17-20(18,19)14-8-6-13(16)7-9-14/h2-10,17H,1H3. The fourth-order valence-electron chi connectivity index (χ4n) is 1.73. The van der Waals surface area contributed by atoms with Crippen LogP contribution in [0.5, 0.6) is 0 Å². The molecule has 6 heteroatoms. The number of nitrogens with one attached hydrogen (secondary N) is 1. The van der Waals surface area contributed by atoms with Gasteiger partial charge in [-0.3, -0.25) is 0 Å². The van der Waals surface area contributed by atoms with Gasteiger partial charge in [0.1, 0.15) is 0 Å². The van der Waals surface area contributed by atoms with Crippen molar-refractivity contribution in [1.82, 2.24) is 4.72 Å². The van der Waals surface area contributed by atoms with E-state index in [1.165, 1.54) is 0 Å². The zero-order valence-electron chi connectivity index (χ0n) is 10.7. The molecule has 0 bridgehead atoms. The predicted octanol–water partition coefficient (Wildman–Crippen LogP) is 3.98. The quantitative estimate of drug-likeness (QED) is 0.759. The van der Waals surface area contributed by atoms with Crippen LogP contribution >= 0.6 is 34.2 Å². The summed E-state index contributed by atoms with van der Waals surface area (Å²) >= 11 is 7.96. The van der Waals surface area contributed by atoms with Crippen LogP contribution in [-0.4, -0.2) is 8.42 Å². The molecule has 0 saturated heterocycles. The van der Waals surface area contributed by atoms with Gasteiger partial charge in [0, 0.05) is 14.6 Å². The van der Waals surface area contributed by atoms with Crippen LogP contribution in [0.25, 0.3) is 0 Å². The molecule has 0 aromatic heterocycles. The Morgan fingerprint density at radius 2 is 1.60 bits per heavy atom. The molecule has 0 amide bonds. The molecule has 0 aliphatic rings. The summed E-state index contributed by atoms with van der Waals surface area (Å²) in [4.78, 5) is 0.263. The van der Waals surface area contributed by atoms with E-state index in [4.69, 9.17) is 11.6 Å². The van der Waals surface area contributed by atoms with Crippen molar-refractivity contribution in [3.05, 3.63) is 62.7 Å². The molecule has 0 spiro atoms. The Balaban J connectivity index is 2.19. The molecule has 2 aromatic carbocycles. The second-order valence-electron chi connectivity index (χ2n) is 4.35. The van der Waals surface area contributed by atoms with Gasteiger partial charge in [-0.05, 0) is 71.5 Å². The Morgan fingerprint density at radius 3 is 2.15 bits per heavy atom. The van der Waals surface area contributed by atoms with E-state index in [2.05, 4.69) is 27.3 Å². The predicted molar refractivity (Wildman–Crippen MR) is 89.3 cm³/mol. The Morgan fingerprint density at radius 1 is 1.05 bits per heavy atom. The summed E-state index contributed by atoms with van der Waals surface area (Å²) in [5.74, 6) is 0. The van der Waals surface area contributed by atoms with Crippen LogP contribution in [0.4, 0.5) is 0 Å². The van der Waals surface area contributed by atoms with Gasteiger partial charge in [-0.2, -0.15) is 0 Å². The average Bonchev–Trinajstić information content (AvgIpc) is 2.39. The first-order valence-corrected chi connectivity index (χ1v) is 8.86. The summed E-state index contributed by atoms with van der Waals surface area (Å²) in [5, 5.41) is 0.626. The van der Waals surface area contributed by atoms with E-state index in [-0.39, 0.29) is 10.9 Å². The zero-order chi connectivity index (χ0) is 14.8. The van der Waals surface area contributed by atoms with Gasteiger partial charge < -0.3 is 0 Å². The molecule has 1 unspecified atom stereocenters. The highest BCUT2D eigenvalue weighted by atomic mass is 127. The molecule has 0 heterocycles. The van der Waals surface area contributed by atoms with Crippen molar-refractivity contribution < 1.29 is 8.42 Å². The van der Waals surface area contributed by atoms with Crippen LogP contribution in [0.2, 0.25) is 5.02 Å². The fraction of sp³-hybridized carbons (Fsp3) is 0.143. The number of sulfonamides is 1. The first kappa shape index (κ1) is 15.8. The number of rotatable bonds is 4. The molecule has 20 heavy (non-hydrogen) atoms. The second-order valence-corrected chi connectivity index (χ2v) is 7.74. The monoisotopic (exact) mass is 421 g/mol. The van der Waals surface area contributed by atoms with Crippen molar-refractivity contribution in [1.29, 1.82) is 0 Å². The van der Waals surface area contributed by atoms with Crippen LogP contribution < -0.4 is 4.72 Å². The van der Waals surface area contributed by atoms with Crippen LogP contribution in [-0.2, 0) is 10.0 Å². The van der Waals surface area contributed by atoms with Gasteiger partial charge in [0.25, 0.3) is 0 Å². The Bertz CT molecular complexity index is 684. The Kier molecular flexibility index (Phi) is 5.06. The third-order valence-corrected chi connectivity index (χ3v) is 5.35. The third-order valence-electron chi connectivity index (χ3n) is 2.83.